The van der Waals surface area contributed by atoms with E-state index >= 15 is 0 Å². The van der Waals surface area contributed by atoms with E-state index in [2.05, 4.69) is 29.4 Å². The quantitative estimate of drug-likeness (QED) is 0.792. The lowest BCUT2D eigenvalue weighted by Crippen LogP contribution is -2.58. The zero-order chi connectivity index (χ0) is 20.4. The fraction of sp³-hybridized carbons (Fsp3) is 0.455. The minimum Gasteiger partial charge on any atom is -0.350 e. The minimum absolute atomic E-state index is 0.0144. The summed E-state index contributed by atoms with van der Waals surface area (Å²) >= 11 is 1.55. The highest BCUT2D eigenvalue weighted by molar-refractivity contribution is 7.14. The van der Waals surface area contributed by atoms with Crippen LogP contribution in [-0.2, 0) is 6.42 Å². The minimum atomic E-state index is -0.0551. The maximum absolute atomic E-state index is 12.8. The Morgan fingerprint density at radius 2 is 2.00 bits per heavy atom. The van der Waals surface area contributed by atoms with Crippen LogP contribution in [0.15, 0.2) is 36.4 Å². The van der Waals surface area contributed by atoms with Crippen molar-refractivity contribution < 1.29 is 9.59 Å². The van der Waals surface area contributed by atoms with Gasteiger partial charge in [0.05, 0.1) is 4.88 Å². The fourth-order valence-electron chi connectivity index (χ4n) is 4.29. The molecule has 1 aromatic heterocycles. The van der Waals surface area contributed by atoms with Gasteiger partial charge in [0.25, 0.3) is 5.91 Å². The molecule has 1 aromatic carbocycles. The van der Waals surface area contributed by atoms with E-state index in [1.54, 1.807) is 11.3 Å². The first-order chi connectivity index (χ1) is 14.0. The number of piperazine rings is 1. The number of urea groups is 1. The Morgan fingerprint density at radius 1 is 1.21 bits per heavy atom. The van der Waals surface area contributed by atoms with Gasteiger partial charge >= 0.3 is 6.03 Å². The number of carbonyl (C=O) groups excluding carboxylic acids is 2. The highest BCUT2D eigenvalue weighted by Crippen LogP contribution is 2.26. The van der Waals surface area contributed by atoms with Crippen LogP contribution in [-0.4, -0.2) is 60.0 Å². The molecule has 154 valence electrons. The molecule has 2 fully saturated rings. The topological polar surface area (TPSA) is 64.7 Å². The van der Waals surface area contributed by atoms with Crippen molar-refractivity contribution in [1.82, 2.24) is 15.1 Å². The van der Waals surface area contributed by atoms with Gasteiger partial charge in [-0.2, -0.15) is 0 Å². The average molecular weight is 413 g/mol. The molecule has 0 spiro atoms. The molecule has 7 heteroatoms. The Kier molecular flexibility index (Phi) is 5.87. The zero-order valence-corrected chi connectivity index (χ0v) is 17.8. The molecule has 2 N–H and O–H groups in total. The summed E-state index contributed by atoms with van der Waals surface area (Å²) in [5, 5.41) is 6.10. The summed E-state index contributed by atoms with van der Waals surface area (Å²) in [7, 11) is 0. The van der Waals surface area contributed by atoms with Crippen molar-refractivity contribution in [2.75, 3.05) is 31.5 Å². The molecule has 2 aliphatic rings. The highest BCUT2D eigenvalue weighted by Gasteiger charge is 2.40. The van der Waals surface area contributed by atoms with E-state index in [0.717, 1.165) is 36.5 Å². The first-order valence-corrected chi connectivity index (χ1v) is 11.1. The van der Waals surface area contributed by atoms with E-state index in [-0.39, 0.29) is 24.0 Å². The number of thiophene rings is 1. The lowest BCUT2D eigenvalue weighted by molar-refractivity contribution is 0.0886. The van der Waals surface area contributed by atoms with E-state index in [4.69, 9.17) is 0 Å². The smallest absolute Gasteiger partial charge is 0.322 e. The number of anilines is 1. The molecule has 2 aliphatic heterocycles. The molecule has 0 saturated carbocycles. The van der Waals surface area contributed by atoms with Crippen LogP contribution in [0.2, 0.25) is 0 Å². The van der Waals surface area contributed by atoms with E-state index < -0.39 is 0 Å². The summed E-state index contributed by atoms with van der Waals surface area (Å²) in [6.45, 7) is 7.21. The second-order valence-corrected chi connectivity index (χ2v) is 9.05. The van der Waals surface area contributed by atoms with Crippen LogP contribution in [0.25, 0.3) is 0 Å². The van der Waals surface area contributed by atoms with Crippen LogP contribution in [0.1, 0.15) is 33.5 Å². The predicted molar refractivity (Wildman–Crippen MR) is 117 cm³/mol. The van der Waals surface area contributed by atoms with E-state index in [1.165, 1.54) is 10.4 Å². The Morgan fingerprint density at radius 3 is 2.72 bits per heavy atom. The summed E-state index contributed by atoms with van der Waals surface area (Å²) in [4.78, 5) is 31.8. The van der Waals surface area contributed by atoms with Gasteiger partial charge in [-0.3, -0.25) is 9.69 Å². The first-order valence-electron chi connectivity index (χ1n) is 10.3. The van der Waals surface area contributed by atoms with Gasteiger partial charge in [0.2, 0.25) is 0 Å². The Balaban J connectivity index is 1.37. The average Bonchev–Trinajstić information content (AvgIpc) is 3.32. The van der Waals surface area contributed by atoms with Gasteiger partial charge in [-0.1, -0.05) is 25.1 Å². The normalized spacial score (nSPS) is 23.1. The number of nitrogens with one attached hydrogen (secondary N) is 2. The predicted octanol–water partition coefficient (Wildman–Crippen LogP) is 3.34. The molecule has 2 bridgehead atoms. The summed E-state index contributed by atoms with van der Waals surface area (Å²) in [5.41, 5.74) is 2.05. The molecule has 3 atom stereocenters. The monoisotopic (exact) mass is 412 g/mol. The Bertz CT molecular complexity index is 882. The van der Waals surface area contributed by atoms with Crippen molar-refractivity contribution >= 4 is 29.0 Å². The van der Waals surface area contributed by atoms with Crippen LogP contribution >= 0.6 is 11.3 Å². The van der Waals surface area contributed by atoms with E-state index in [1.807, 2.05) is 41.3 Å². The highest BCUT2D eigenvalue weighted by atomic mass is 32.1. The second-order valence-electron chi connectivity index (χ2n) is 7.80. The molecular weight excluding hydrogens is 384 g/mol. The lowest BCUT2D eigenvalue weighted by atomic mass is 10.1. The molecule has 6 nitrogen and oxygen atoms in total. The van der Waals surface area contributed by atoms with Crippen molar-refractivity contribution in [2.45, 2.75) is 38.8 Å². The van der Waals surface area contributed by atoms with Crippen molar-refractivity contribution in [3.63, 3.8) is 0 Å². The number of hydrogen-bond acceptors (Lipinski definition) is 4. The Labute approximate surface area is 175 Å². The van der Waals surface area contributed by atoms with Crippen molar-refractivity contribution in [3.05, 3.63) is 51.7 Å². The van der Waals surface area contributed by atoms with Gasteiger partial charge in [-0.25, -0.2) is 4.79 Å². The van der Waals surface area contributed by atoms with Crippen LogP contribution in [0.5, 0.6) is 0 Å². The second kappa shape index (κ2) is 8.55. The third-order valence-corrected chi connectivity index (χ3v) is 7.06. The number of hydrogen-bond donors (Lipinski definition) is 2. The van der Waals surface area contributed by atoms with Crippen molar-refractivity contribution in [3.8, 4) is 0 Å². The van der Waals surface area contributed by atoms with Gasteiger partial charge in [0, 0.05) is 48.8 Å². The van der Waals surface area contributed by atoms with Gasteiger partial charge in [0.1, 0.15) is 0 Å². The molecule has 2 saturated heterocycles. The molecule has 3 unspecified atom stereocenters. The lowest BCUT2D eigenvalue weighted by Gasteiger charge is -2.40. The fourth-order valence-corrected chi connectivity index (χ4v) is 5.32. The molecule has 29 heavy (non-hydrogen) atoms. The van der Waals surface area contributed by atoms with Crippen LogP contribution < -0.4 is 10.6 Å². The summed E-state index contributed by atoms with van der Waals surface area (Å²) in [6, 6.07) is 11.9. The molecule has 4 rings (SSSR count). The van der Waals surface area contributed by atoms with Crippen molar-refractivity contribution in [2.24, 2.45) is 0 Å². The first kappa shape index (κ1) is 19.9. The van der Waals surface area contributed by atoms with Crippen LogP contribution in [0.4, 0.5) is 10.5 Å². The summed E-state index contributed by atoms with van der Waals surface area (Å²) in [5.74, 6) is -0.0144. The SMILES string of the molecule is CCc1cc(C(=O)NCC2CN(C(=O)Nc3ccccc3)C3CCN2C3)sc1C. The maximum atomic E-state index is 12.8. The molecule has 2 aromatic rings. The molecule has 0 aliphatic carbocycles. The third-order valence-electron chi connectivity index (χ3n) is 5.97. The standard InChI is InChI=1S/C22H28N4O2S/c1-3-16-11-20(29-15(16)2)21(27)23-12-19-14-26(18-9-10-25(19)13-18)22(28)24-17-7-5-4-6-8-17/h4-8,11,18-19H,3,9-10,12-14H2,1-2H3,(H,23,27)(H,24,28). The third kappa shape index (κ3) is 4.31. The number of benzene rings is 1. The number of rotatable bonds is 5. The van der Waals surface area contributed by atoms with Gasteiger partial charge < -0.3 is 15.5 Å². The van der Waals surface area contributed by atoms with E-state index in [0.29, 0.717) is 13.1 Å². The van der Waals surface area contributed by atoms with Crippen LogP contribution in [0, 0.1) is 6.92 Å². The number of carbonyl (C=O) groups is 2. The molecular formula is C22H28N4O2S. The number of nitrogens with zero attached hydrogens (tertiary/aromatic N) is 2. The zero-order valence-electron chi connectivity index (χ0n) is 17.0. The van der Waals surface area contributed by atoms with Gasteiger partial charge in [-0.05, 0) is 43.5 Å². The number of aryl methyl sites for hydroxylation is 2. The largest absolute Gasteiger partial charge is 0.350 e. The summed E-state index contributed by atoms with van der Waals surface area (Å²) < 4.78 is 0. The molecule has 3 heterocycles. The van der Waals surface area contributed by atoms with Gasteiger partial charge in [-0.15, -0.1) is 11.3 Å². The summed E-state index contributed by atoms with van der Waals surface area (Å²) in [6.07, 6.45) is 1.93. The Hall–Kier alpha value is -2.38. The van der Waals surface area contributed by atoms with Crippen LogP contribution in [0.3, 0.4) is 0 Å². The number of amides is 3. The molecule has 0 radical (unpaired) electrons. The maximum Gasteiger partial charge on any atom is 0.322 e. The molecule has 3 amide bonds. The van der Waals surface area contributed by atoms with Gasteiger partial charge in [0.15, 0.2) is 0 Å². The number of fused-ring (bicyclic) bond motifs is 2. The van der Waals surface area contributed by atoms with Crippen molar-refractivity contribution in [1.29, 1.82) is 0 Å². The van der Waals surface area contributed by atoms with E-state index in [9.17, 15) is 9.59 Å². The number of para-hydroxylation sites is 1.